The number of hydrogen-bond acceptors (Lipinski definition) is 2. The summed E-state index contributed by atoms with van der Waals surface area (Å²) in [6, 6.07) is 6.96. The molecule has 1 aliphatic heterocycles. The molecular formula is C14H20FN3O. The molecule has 1 heterocycles. The number of carbonyl (C=O) groups is 1. The standard InChI is InChI=1S/C14H20FN3O/c1-17(2)14(19)18-9-7-11(8-10-18)16-13-6-4-3-5-12(13)15/h3-6,11,16H,7-10H2,1-2H3. The first-order valence-corrected chi connectivity index (χ1v) is 6.55. The van der Waals surface area contributed by atoms with Crippen molar-refractivity contribution in [2.45, 2.75) is 18.9 Å². The van der Waals surface area contributed by atoms with E-state index in [0.29, 0.717) is 18.8 Å². The van der Waals surface area contributed by atoms with E-state index >= 15 is 0 Å². The molecule has 0 aliphatic carbocycles. The third kappa shape index (κ3) is 3.36. The first-order chi connectivity index (χ1) is 9.08. The van der Waals surface area contributed by atoms with Crippen LogP contribution in [0, 0.1) is 5.82 Å². The molecule has 0 atom stereocenters. The first kappa shape index (κ1) is 13.6. The Kier molecular flexibility index (Phi) is 4.24. The van der Waals surface area contributed by atoms with Crippen LogP contribution in [-0.2, 0) is 0 Å². The van der Waals surface area contributed by atoms with Gasteiger partial charge in [0.2, 0.25) is 0 Å². The van der Waals surface area contributed by atoms with E-state index in [0.717, 1.165) is 12.8 Å². The average molecular weight is 265 g/mol. The summed E-state index contributed by atoms with van der Waals surface area (Å²) in [5.41, 5.74) is 0.542. The maximum absolute atomic E-state index is 13.5. The van der Waals surface area contributed by atoms with Crippen molar-refractivity contribution in [1.29, 1.82) is 0 Å². The molecule has 2 rings (SSSR count). The van der Waals surface area contributed by atoms with Crippen molar-refractivity contribution in [3.05, 3.63) is 30.1 Å². The van der Waals surface area contributed by atoms with Crippen LogP contribution in [0.5, 0.6) is 0 Å². The van der Waals surface area contributed by atoms with Crippen LogP contribution in [0.2, 0.25) is 0 Å². The molecule has 1 aromatic carbocycles. The number of benzene rings is 1. The summed E-state index contributed by atoms with van der Waals surface area (Å²) < 4.78 is 13.5. The maximum atomic E-state index is 13.5. The highest BCUT2D eigenvalue weighted by atomic mass is 19.1. The number of para-hydroxylation sites is 1. The number of hydrogen-bond donors (Lipinski definition) is 1. The van der Waals surface area contributed by atoms with Gasteiger partial charge in [-0.2, -0.15) is 0 Å². The van der Waals surface area contributed by atoms with E-state index in [1.54, 1.807) is 31.1 Å². The molecule has 1 aromatic rings. The third-order valence-electron chi connectivity index (χ3n) is 3.38. The van der Waals surface area contributed by atoms with Gasteiger partial charge in [0.25, 0.3) is 0 Å². The smallest absolute Gasteiger partial charge is 0.319 e. The van der Waals surface area contributed by atoms with Gasteiger partial charge in [0, 0.05) is 33.2 Å². The highest BCUT2D eigenvalue weighted by molar-refractivity contribution is 5.73. The molecule has 5 heteroatoms. The molecule has 1 fully saturated rings. The lowest BCUT2D eigenvalue weighted by Crippen LogP contribution is -2.46. The van der Waals surface area contributed by atoms with E-state index in [1.807, 2.05) is 11.0 Å². The van der Waals surface area contributed by atoms with E-state index in [4.69, 9.17) is 0 Å². The van der Waals surface area contributed by atoms with E-state index in [-0.39, 0.29) is 17.9 Å². The molecule has 19 heavy (non-hydrogen) atoms. The molecule has 104 valence electrons. The van der Waals surface area contributed by atoms with Gasteiger partial charge >= 0.3 is 6.03 Å². The molecule has 0 spiro atoms. The normalized spacial score (nSPS) is 16.3. The second-order valence-corrected chi connectivity index (χ2v) is 5.06. The van der Waals surface area contributed by atoms with Crippen molar-refractivity contribution in [2.24, 2.45) is 0 Å². The Balaban J connectivity index is 1.87. The minimum Gasteiger partial charge on any atom is -0.380 e. The summed E-state index contributed by atoms with van der Waals surface area (Å²) >= 11 is 0. The zero-order valence-corrected chi connectivity index (χ0v) is 11.4. The number of nitrogens with one attached hydrogen (secondary N) is 1. The predicted molar refractivity (Wildman–Crippen MR) is 73.7 cm³/mol. The Morgan fingerprint density at radius 2 is 1.95 bits per heavy atom. The summed E-state index contributed by atoms with van der Waals surface area (Å²) in [5, 5.41) is 3.21. The van der Waals surface area contributed by atoms with Gasteiger partial charge in [0.1, 0.15) is 5.82 Å². The van der Waals surface area contributed by atoms with Gasteiger partial charge in [-0.3, -0.25) is 0 Å². The molecule has 1 aliphatic rings. The molecule has 1 saturated heterocycles. The van der Waals surface area contributed by atoms with Crippen molar-refractivity contribution < 1.29 is 9.18 Å². The summed E-state index contributed by atoms with van der Waals surface area (Å²) in [6.45, 7) is 1.42. The van der Waals surface area contributed by atoms with Gasteiger partial charge in [0.15, 0.2) is 0 Å². The Hall–Kier alpha value is -1.78. The number of anilines is 1. The van der Waals surface area contributed by atoms with Crippen LogP contribution in [-0.4, -0.2) is 49.1 Å². The molecule has 4 nitrogen and oxygen atoms in total. The summed E-state index contributed by atoms with van der Waals surface area (Å²) in [7, 11) is 3.51. The van der Waals surface area contributed by atoms with Gasteiger partial charge in [-0.25, -0.2) is 9.18 Å². The minimum atomic E-state index is -0.228. The number of amides is 2. The van der Waals surface area contributed by atoms with E-state index in [2.05, 4.69) is 5.32 Å². The van der Waals surface area contributed by atoms with Crippen molar-refractivity contribution in [2.75, 3.05) is 32.5 Å². The summed E-state index contributed by atoms with van der Waals surface area (Å²) in [5.74, 6) is -0.228. The number of piperidine rings is 1. The third-order valence-corrected chi connectivity index (χ3v) is 3.38. The monoisotopic (exact) mass is 265 g/mol. The molecule has 0 bridgehead atoms. The van der Waals surface area contributed by atoms with Gasteiger partial charge in [-0.05, 0) is 25.0 Å². The lowest BCUT2D eigenvalue weighted by Gasteiger charge is -2.34. The van der Waals surface area contributed by atoms with Crippen LogP contribution < -0.4 is 5.32 Å². The largest absolute Gasteiger partial charge is 0.380 e. The van der Waals surface area contributed by atoms with Crippen molar-refractivity contribution >= 4 is 11.7 Å². The van der Waals surface area contributed by atoms with Gasteiger partial charge < -0.3 is 15.1 Å². The van der Waals surface area contributed by atoms with Crippen LogP contribution in [0.3, 0.4) is 0 Å². The molecule has 0 unspecified atom stereocenters. The minimum absolute atomic E-state index is 0.0457. The summed E-state index contributed by atoms with van der Waals surface area (Å²) in [4.78, 5) is 15.2. The van der Waals surface area contributed by atoms with Gasteiger partial charge in [0.05, 0.1) is 5.69 Å². The van der Waals surface area contributed by atoms with E-state index < -0.39 is 0 Å². The fourth-order valence-corrected chi connectivity index (χ4v) is 2.30. The number of rotatable bonds is 2. The number of urea groups is 1. The highest BCUT2D eigenvalue weighted by Gasteiger charge is 2.23. The zero-order valence-electron chi connectivity index (χ0n) is 11.4. The van der Waals surface area contributed by atoms with E-state index in [1.165, 1.54) is 6.07 Å². The predicted octanol–water partition coefficient (Wildman–Crippen LogP) is 2.38. The van der Waals surface area contributed by atoms with Crippen molar-refractivity contribution in [3.8, 4) is 0 Å². The number of likely N-dealkylation sites (tertiary alicyclic amines) is 1. The number of carbonyl (C=O) groups excluding carboxylic acids is 1. The fourth-order valence-electron chi connectivity index (χ4n) is 2.30. The number of halogens is 1. The lowest BCUT2D eigenvalue weighted by molar-refractivity contribution is 0.158. The lowest BCUT2D eigenvalue weighted by atomic mass is 10.0. The Morgan fingerprint density at radius 1 is 1.32 bits per heavy atom. The van der Waals surface area contributed by atoms with Crippen LogP contribution in [0.1, 0.15) is 12.8 Å². The van der Waals surface area contributed by atoms with Crippen LogP contribution in [0.15, 0.2) is 24.3 Å². The first-order valence-electron chi connectivity index (χ1n) is 6.55. The summed E-state index contributed by atoms with van der Waals surface area (Å²) in [6.07, 6.45) is 1.68. The topological polar surface area (TPSA) is 35.6 Å². The molecule has 0 aromatic heterocycles. The van der Waals surface area contributed by atoms with Crippen LogP contribution in [0.25, 0.3) is 0 Å². The van der Waals surface area contributed by atoms with Gasteiger partial charge in [-0.1, -0.05) is 12.1 Å². The molecule has 0 saturated carbocycles. The molecule has 2 amide bonds. The molecular weight excluding hydrogens is 245 g/mol. The second kappa shape index (κ2) is 5.91. The zero-order chi connectivity index (χ0) is 13.8. The van der Waals surface area contributed by atoms with Crippen LogP contribution >= 0.6 is 0 Å². The van der Waals surface area contributed by atoms with Crippen LogP contribution in [0.4, 0.5) is 14.9 Å². The quantitative estimate of drug-likeness (QED) is 0.891. The average Bonchev–Trinajstić information content (AvgIpc) is 2.41. The van der Waals surface area contributed by atoms with Crippen molar-refractivity contribution in [3.63, 3.8) is 0 Å². The second-order valence-electron chi connectivity index (χ2n) is 5.06. The number of nitrogens with zero attached hydrogens (tertiary/aromatic N) is 2. The maximum Gasteiger partial charge on any atom is 0.319 e. The van der Waals surface area contributed by atoms with Crippen molar-refractivity contribution in [1.82, 2.24) is 9.80 Å². The molecule has 0 radical (unpaired) electrons. The SMILES string of the molecule is CN(C)C(=O)N1CCC(Nc2ccccc2F)CC1. The Labute approximate surface area is 113 Å². The highest BCUT2D eigenvalue weighted by Crippen LogP contribution is 2.19. The van der Waals surface area contributed by atoms with Gasteiger partial charge in [-0.15, -0.1) is 0 Å². The Bertz CT molecular complexity index is 442. The van der Waals surface area contributed by atoms with E-state index in [9.17, 15) is 9.18 Å². The Morgan fingerprint density at radius 3 is 2.53 bits per heavy atom. The fraction of sp³-hybridized carbons (Fsp3) is 0.500. The molecule has 1 N–H and O–H groups in total.